The fourth-order valence-electron chi connectivity index (χ4n) is 3.92. The molecular formula is C20H30N6O6S. The number of carboxylic acid groups (broad SMARTS) is 1. The number of piperidine rings is 1. The van der Waals surface area contributed by atoms with E-state index in [1.54, 1.807) is 19.3 Å². The van der Waals surface area contributed by atoms with E-state index in [0.717, 1.165) is 0 Å². The van der Waals surface area contributed by atoms with E-state index in [-0.39, 0.29) is 23.9 Å². The fourth-order valence-corrected chi connectivity index (χ4v) is 5.42. The Balaban J connectivity index is 1.69. The van der Waals surface area contributed by atoms with E-state index in [0.29, 0.717) is 46.8 Å². The molecule has 0 aliphatic carbocycles. The highest BCUT2D eigenvalue weighted by Crippen LogP contribution is 2.28. The predicted molar refractivity (Wildman–Crippen MR) is 123 cm³/mol. The van der Waals surface area contributed by atoms with Gasteiger partial charge >= 0.3 is 16.3 Å². The van der Waals surface area contributed by atoms with Gasteiger partial charge in [-0.05, 0) is 45.6 Å². The maximum absolute atomic E-state index is 12.6. The summed E-state index contributed by atoms with van der Waals surface area (Å²) < 4.78 is 34.6. The van der Waals surface area contributed by atoms with Crippen molar-refractivity contribution in [3.8, 4) is 5.88 Å². The molecule has 0 unspecified atom stereocenters. The van der Waals surface area contributed by atoms with Gasteiger partial charge in [-0.1, -0.05) is 0 Å². The molecule has 3 rings (SSSR count). The third-order valence-electron chi connectivity index (χ3n) is 5.59. The monoisotopic (exact) mass is 482 g/mol. The molecule has 2 N–H and O–H groups in total. The number of methoxy groups -OCH3 is 1. The molecule has 1 aliphatic heterocycles. The molecule has 182 valence electrons. The van der Waals surface area contributed by atoms with Gasteiger partial charge in [0.1, 0.15) is 11.2 Å². The molecule has 3 heterocycles. The van der Waals surface area contributed by atoms with Crippen LogP contribution in [0.25, 0.3) is 10.8 Å². The molecular weight excluding hydrogens is 452 g/mol. The van der Waals surface area contributed by atoms with E-state index in [4.69, 9.17) is 4.74 Å². The summed E-state index contributed by atoms with van der Waals surface area (Å²) in [6, 6.07) is 1.79. The summed E-state index contributed by atoms with van der Waals surface area (Å²) in [5.41, 5.74) is -1.39. The molecule has 0 atom stereocenters. The number of pyridine rings is 1. The number of anilines is 1. The van der Waals surface area contributed by atoms with Crippen LogP contribution in [0.1, 0.15) is 33.6 Å². The first-order valence-electron chi connectivity index (χ1n) is 10.5. The molecule has 1 fully saturated rings. The summed E-state index contributed by atoms with van der Waals surface area (Å²) in [5.74, 6) is 0.928. The Morgan fingerprint density at radius 2 is 1.97 bits per heavy atom. The Morgan fingerprint density at radius 1 is 1.33 bits per heavy atom. The fraction of sp³-hybridized carbons (Fsp3) is 0.600. The van der Waals surface area contributed by atoms with E-state index in [1.807, 2.05) is 4.90 Å². The van der Waals surface area contributed by atoms with Gasteiger partial charge in [0.15, 0.2) is 0 Å². The molecule has 0 aromatic carbocycles. The van der Waals surface area contributed by atoms with Crippen LogP contribution in [0.4, 0.5) is 10.6 Å². The number of amides is 1. The second-order valence-electron chi connectivity index (χ2n) is 9.03. The highest BCUT2D eigenvalue weighted by atomic mass is 32.2. The van der Waals surface area contributed by atoms with Crippen LogP contribution in [0.5, 0.6) is 5.88 Å². The van der Waals surface area contributed by atoms with Crippen molar-refractivity contribution < 1.29 is 23.1 Å². The number of nitrogens with zero attached hydrogens (tertiary/aromatic N) is 5. The lowest BCUT2D eigenvalue weighted by molar-refractivity contribution is 0.145. The van der Waals surface area contributed by atoms with Crippen molar-refractivity contribution >= 4 is 32.9 Å². The van der Waals surface area contributed by atoms with Crippen molar-refractivity contribution in [2.75, 3.05) is 31.6 Å². The maximum Gasteiger partial charge on any atom is 0.422 e. The van der Waals surface area contributed by atoms with Gasteiger partial charge in [0.05, 0.1) is 18.8 Å². The maximum atomic E-state index is 12.6. The zero-order valence-electron chi connectivity index (χ0n) is 19.4. The largest absolute Gasteiger partial charge is 0.480 e. The zero-order valence-corrected chi connectivity index (χ0v) is 20.2. The summed E-state index contributed by atoms with van der Waals surface area (Å²) in [6.07, 6.45) is 1.43. The lowest BCUT2D eigenvalue weighted by atomic mass is 9.97. The van der Waals surface area contributed by atoms with Gasteiger partial charge in [0.25, 0.3) is 5.56 Å². The van der Waals surface area contributed by atoms with Gasteiger partial charge in [-0.2, -0.15) is 27.5 Å². The van der Waals surface area contributed by atoms with Crippen LogP contribution in [0.15, 0.2) is 17.1 Å². The third kappa shape index (κ3) is 5.19. The van der Waals surface area contributed by atoms with Crippen molar-refractivity contribution in [2.24, 2.45) is 13.0 Å². The quantitative estimate of drug-likeness (QED) is 0.619. The van der Waals surface area contributed by atoms with Crippen LogP contribution in [-0.4, -0.2) is 71.0 Å². The number of hydrogen-bond donors (Lipinski definition) is 2. The SMILES string of the molecule is COc1nc(N2CCC(CNS(=O)(=O)N(C(=O)O)C(C)(C)C)CC2)cc2cnn(C)c(=O)c12. The molecule has 0 spiro atoms. The van der Waals surface area contributed by atoms with Gasteiger partial charge in [-0.25, -0.2) is 9.48 Å². The van der Waals surface area contributed by atoms with E-state index in [1.165, 1.54) is 32.6 Å². The van der Waals surface area contributed by atoms with Gasteiger partial charge in [-0.15, -0.1) is 0 Å². The van der Waals surface area contributed by atoms with Crippen LogP contribution in [0.2, 0.25) is 0 Å². The van der Waals surface area contributed by atoms with Crippen molar-refractivity contribution in [3.05, 3.63) is 22.6 Å². The predicted octanol–water partition coefficient (Wildman–Crippen LogP) is 1.17. The lowest BCUT2D eigenvalue weighted by Crippen LogP contribution is -2.54. The molecule has 1 saturated heterocycles. The van der Waals surface area contributed by atoms with Gasteiger partial charge in [-0.3, -0.25) is 4.79 Å². The number of aromatic nitrogens is 3. The average molecular weight is 483 g/mol. The van der Waals surface area contributed by atoms with Crippen LogP contribution >= 0.6 is 0 Å². The first-order chi connectivity index (χ1) is 15.3. The molecule has 13 heteroatoms. The molecule has 2 aromatic rings. The second kappa shape index (κ2) is 9.14. The van der Waals surface area contributed by atoms with Gasteiger partial charge < -0.3 is 14.7 Å². The highest BCUT2D eigenvalue weighted by Gasteiger charge is 2.37. The number of nitrogens with one attached hydrogen (secondary N) is 1. The Morgan fingerprint density at radius 3 is 2.52 bits per heavy atom. The molecule has 0 bridgehead atoms. The minimum Gasteiger partial charge on any atom is -0.480 e. The van der Waals surface area contributed by atoms with Crippen molar-refractivity contribution in [1.29, 1.82) is 0 Å². The van der Waals surface area contributed by atoms with E-state index in [2.05, 4.69) is 14.8 Å². The summed E-state index contributed by atoms with van der Waals surface area (Å²) in [6.45, 7) is 5.95. The summed E-state index contributed by atoms with van der Waals surface area (Å²) >= 11 is 0. The number of aryl methyl sites for hydroxylation is 1. The zero-order chi connectivity index (χ0) is 24.6. The average Bonchev–Trinajstić information content (AvgIpc) is 2.73. The molecule has 0 radical (unpaired) electrons. The Labute approximate surface area is 192 Å². The van der Waals surface area contributed by atoms with E-state index in [9.17, 15) is 23.1 Å². The number of hydrogen-bond acceptors (Lipinski definition) is 8. The normalized spacial score (nSPS) is 15.6. The van der Waals surface area contributed by atoms with Crippen molar-refractivity contribution in [1.82, 2.24) is 23.8 Å². The topological polar surface area (TPSA) is 147 Å². The van der Waals surface area contributed by atoms with Crippen molar-refractivity contribution in [2.45, 2.75) is 39.2 Å². The number of carbonyl (C=O) groups is 1. The first kappa shape index (κ1) is 24.7. The van der Waals surface area contributed by atoms with Gasteiger partial charge in [0, 0.05) is 32.1 Å². The smallest absolute Gasteiger partial charge is 0.422 e. The molecule has 1 amide bonds. The Hall–Kier alpha value is -2.93. The standard InChI is InChI=1S/C20H30N6O6S/c1-20(2,3)26(19(28)29)33(30,31)22-11-13-6-8-25(9-7-13)15-10-14-12-21-24(4)18(27)16(14)17(23-15)32-5/h10,12-13,22H,6-9,11H2,1-5H3,(H,28,29). The number of ether oxygens (including phenoxy) is 1. The summed E-state index contributed by atoms with van der Waals surface area (Å²) in [4.78, 5) is 30.4. The van der Waals surface area contributed by atoms with Crippen LogP contribution < -0.4 is 19.9 Å². The van der Waals surface area contributed by atoms with Crippen LogP contribution in [0, 0.1) is 5.92 Å². The summed E-state index contributed by atoms with van der Waals surface area (Å²) in [7, 11) is -1.16. The molecule has 0 saturated carbocycles. The molecule has 1 aliphatic rings. The third-order valence-corrected chi connectivity index (χ3v) is 7.31. The molecule has 12 nitrogen and oxygen atoms in total. The second-order valence-corrected chi connectivity index (χ2v) is 10.6. The lowest BCUT2D eigenvalue weighted by Gasteiger charge is -2.35. The minimum absolute atomic E-state index is 0.0444. The molecule has 33 heavy (non-hydrogen) atoms. The van der Waals surface area contributed by atoms with E-state index < -0.39 is 21.8 Å². The van der Waals surface area contributed by atoms with Crippen molar-refractivity contribution in [3.63, 3.8) is 0 Å². The first-order valence-corrected chi connectivity index (χ1v) is 12.0. The van der Waals surface area contributed by atoms with E-state index >= 15 is 0 Å². The van der Waals surface area contributed by atoms with Crippen LogP contribution in [0.3, 0.4) is 0 Å². The minimum atomic E-state index is -4.18. The number of fused-ring (bicyclic) bond motifs is 1. The Bertz CT molecular complexity index is 1200. The Kier molecular flexibility index (Phi) is 6.84. The summed E-state index contributed by atoms with van der Waals surface area (Å²) in [5, 5.41) is 14.4. The van der Waals surface area contributed by atoms with Gasteiger partial charge in [0.2, 0.25) is 5.88 Å². The molecule has 2 aromatic heterocycles. The van der Waals surface area contributed by atoms with Crippen LogP contribution in [-0.2, 0) is 17.3 Å². The number of rotatable bonds is 6. The highest BCUT2D eigenvalue weighted by molar-refractivity contribution is 7.87.